The third-order valence-corrected chi connectivity index (χ3v) is 3.14. The van der Waals surface area contributed by atoms with Gasteiger partial charge in [-0.05, 0) is 31.2 Å². The summed E-state index contributed by atoms with van der Waals surface area (Å²) in [6, 6.07) is 9.27. The third-order valence-electron chi connectivity index (χ3n) is 2.81. The second-order valence-corrected chi connectivity index (χ2v) is 4.47. The van der Waals surface area contributed by atoms with Gasteiger partial charge in [0.1, 0.15) is 5.82 Å². The van der Waals surface area contributed by atoms with Gasteiger partial charge in [-0.15, -0.1) is 0 Å². The van der Waals surface area contributed by atoms with Gasteiger partial charge >= 0.3 is 0 Å². The van der Waals surface area contributed by atoms with E-state index in [1.165, 1.54) is 12.1 Å². The number of hydrogen-bond donors (Lipinski definition) is 2. The van der Waals surface area contributed by atoms with E-state index in [0.29, 0.717) is 16.3 Å². The smallest absolute Gasteiger partial charge is 0.257 e. The van der Waals surface area contributed by atoms with Gasteiger partial charge in [-0.2, -0.15) is 0 Å². The third kappa shape index (κ3) is 2.69. The Hall–Kier alpha value is -2.07. The molecule has 2 aromatic carbocycles. The van der Waals surface area contributed by atoms with Crippen LogP contribution >= 0.6 is 11.6 Å². The van der Waals surface area contributed by atoms with Crippen LogP contribution in [0, 0.1) is 12.7 Å². The monoisotopic (exact) mass is 278 g/mol. The van der Waals surface area contributed by atoms with Crippen LogP contribution in [-0.4, -0.2) is 5.91 Å². The standard InChI is InChI=1S/C14H12ClFN2O/c1-8-11(16)6-3-7-12(8)18-14(19)9-4-2-5-10(15)13(9)17/h2-7H,17H2,1H3,(H,18,19). The second kappa shape index (κ2) is 5.28. The van der Waals surface area contributed by atoms with Crippen LogP contribution in [0.2, 0.25) is 5.02 Å². The first-order valence-corrected chi connectivity index (χ1v) is 5.99. The van der Waals surface area contributed by atoms with Crippen LogP contribution in [0.5, 0.6) is 0 Å². The molecule has 3 nitrogen and oxygen atoms in total. The maximum Gasteiger partial charge on any atom is 0.257 e. The average Bonchev–Trinajstić information content (AvgIpc) is 2.38. The molecule has 2 rings (SSSR count). The molecule has 2 aromatic rings. The molecule has 0 aromatic heterocycles. The van der Waals surface area contributed by atoms with Gasteiger partial charge in [0.2, 0.25) is 0 Å². The van der Waals surface area contributed by atoms with E-state index in [9.17, 15) is 9.18 Å². The Morgan fingerprint density at radius 1 is 1.26 bits per heavy atom. The number of nitrogens with one attached hydrogen (secondary N) is 1. The SMILES string of the molecule is Cc1c(F)cccc1NC(=O)c1cccc(Cl)c1N. The Bertz CT molecular complexity index is 643. The molecule has 0 spiro atoms. The molecular formula is C14H12ClFN2O. The molecule has 19 heavy (non-hydrogen) atoms. The van der Waals surface area contributed by atoms with E-state index < -0.39 is 5.91 Å². The van der Waals surface area contributed by atoms with E-state index in [1.54, 1.807) is 31.2 Å². The van der Waals surface area contributed by atoms with Crippen molar-refractivity contribution in [2.45, 2.75) is 6.92 Å². The van der Waals surface area contributed by atoms with Crippen molar-refractivity contribution in [2.75, 3.05) is 11.1 Å². The van der Waals surface area contributed by atoms with Gasteiger partial charge in [-0.1, -0.05) is 23.7 Å². The second-order valence-electron chi connectivity index (χ2n) is 4.07. The Kier molecular flexibility index (Phi) is 3.71. The Morgan fingerprint density at radius 2 is 1.95 bits per heavy atom. The number of hydrogen-bond acceptors (Lipinski definition) is 2. The molecule has 0 aliphatic carbocycles. The molecule has 0 atom stereocenters. The van der Waals surface area contributed by atoms with Crippen LogP contribution in [0.25, 0.3) is 0 Å². The lowest BCUT2D eigenvalue weighted by Crippen LogP contribution is -2.15. The van der Waals surface area contributed by atoms with Crippen molar-refractivity contribution in [1.82, 2.24) is 0 Å². The summed E-state index contributed by atoms with van der Waals surface area (Å²) in [4.78, 5) is 12.1. The maximum atomic E-state index is 13.4. The number of anilines is 2. The average molecular weight is 279 g/mol. The van der Waals surface area contributed by atoms with Gasteiger partial charge < -0.3 is 11.1 Å². The summed E-state index contributed by atoms with van der Waals surface area (Å²) >= 11 is 5.85. The molecule has 0 unspecified atom stereocenters. The zero-order chi connectivity index (χ0) is 14.0. The Balaban J connectivity index is 2.31. The lowest BCUT2D eigenvalue weighted by Gasteiger charge is -2.10. The summed E-state index contributed by atoms with van der Waals surface area (Å²) in [5, 5.41) is 2.93. The fraction of sp³-hybridized carbons (Fsp3) is 0.0714. The number of para-hydroxylation sites is 1. The summed E-state index contributed by atoms with van der Waals surface area (Å²) in [5.74, 6) is -0.800. The van der Waals surface area contributed by atoms with Crippen molar-refractivity contribution in [3.8, 4) is 0 Å². The van der Waals surface area contributed by atoms with Crippen molar-refractivity contribution in [3.05, 3.63) is 58.4 Å². The normalized spacial score (nSPS) is 10.3. The van der Waals surface area contributed by atoms with Crippen molar-refractivity contribution in [3.63, 3.8) is 0 Å². The summed E-state index contributed by atoms with van der Waals surface area (Å²) < 4.78 is 13.4. The van der Waals surface area contributed by atoms with E-state index in [4.69, 9.17) is 17.3 Å². The fourth-order valence-corrected chi connectivity index (χ4v) is 1.84. The summed E-state index contributed by atoms with van der Waals surface area (Å²) in [7, 11) is 0. The molecule has 0 aliphatic rings. The zero-order valence-electron chi connectivity index (χ0n) is 10.2. The van der Waals surface area contributed by atoms with Crippen LogP contribution in [0.1, 0.15) is 15.9 Å². The highest BCUT2D eigenvalue weighted by Gasteiger charge is 2.13. The van der Waals surface area contributed by atoms with E-state index in [-0.39, 0.29) is 17.1 Å². The Morgan fingerprint density at radius 3 is 2.68 bits per heavy atom. The summed E-state index contributed by atoms with van der Waals surface area (Å²) in [6.45, 7) is 1.59. The van der Waals surface area contributed by atoms with Crippen molar-refractivity contribution < 1.29 is 9.18 Å². The fourth-order valence-electron chi connectivity index (χ4n) is 1.67. The highest BCUT2D eigenvalue weighted by atomic mass is 35.5. The van der Waals surface area contributed by atoms with E-state index >= 15 is 0 Å². The van der Waals surface area contributed by atoms with Gasteiger partial charge in [0.05, 0.1) is 16.3 Å². The van der Waals surface area contributed by atoms with Gasteiger partial charge in [-0.25, -0.2) is 4.39 Å². The number of rotatable bonds is 2. The van der Waals surface area contributed by atoms with Crippen molar-refractivity contribution in [1.29, 1.82) is 0 Å². The predicted octanol–water partition coefficient (Wildman–Crippen LogP) is 3.62. The first kappa shape index (κ1) is 13.4. The summed E-state index contributed by atoms with van der Waals surface area (Å²) in [5.41, 5.74) is 6.98. The number of carbonyl (C=O) groups is 1. The van der Waals surface area contributed by atoms with E-state index in [0.717, 1.165) is 0 Å². The Labute approximate surface area is 115 Å². The largest absolute Gasteiger partial charge is 0.397 e. The van der Waals surface area contributed by atoms with Crippen LogP contribution in [0.15, 0.2) is 36.4 Å². The van der Waals surface area contributed by atoms with Crippen LogP contribution in [0.4, 0.5) is 15.8 Å². The molecule has 0 saturated heterocycles. The molecule has 0 heterocycles. The minimum Gasteiger partial charge on any atom is -0.397 e. The lowest BCUT2D eigenvalue weighted by molar-refractivity contribution is 0.102. The molecule has 0 bridgehead atoms. The lowest BCUT2D eigenvalue weighted by atomic mass is 10.1. The summed E-state index contributed by atoms with van der Waals surface area (Å²) in [6.07, 6.45) is 0. The van der Waals surface area contributed by atoms with Gasteiger partial charge in [0.25, 0.3) is 5.91 Å². The first-order valence-electron chi connectivity index (χ1n) is 5.61. The highest BCUT2D eigenvalue weighted by Crippen LogP contribution is 2.24. The molecule has 5 heteroatoms. The molecule has 0 aliphatic heterocycles. The number of amides is 1. The van der Waals surface area contributed by atoms with Gasteiger partial charge in [-0.3, -0.25) is 4.79 Å². The molecule has 0 fully saturated rings. The van der Waals surface area contributed by atoms with Crippen molar-refractivity contribution >= 4 is 28.9 Å². The quantitative estimate of drug-likeness (QED) is 0.824. The van der Waals surface area contributed by atoms with Crippen molar-refractivity contribution in [2.24, 2.45) is 0 Å². The van der Waals surface area contributed by atoms with Gasteiger partial charge in [0.15, 0.2) is 0 Å². The number of nitrogen functional groups attached to an aromatic ring is 1. The van der Waals surface area contributed by atoms with E-state index in [1.807, 2.05) is 0 Å². The van der Waals surface area contributed by atoms with Crippen LogP contribution in [0.3, 0.4) is 0 Å². The van der Waals surface area contributed by atoms with E-state index in [2.05, 4.69) is 5.32 Å². The van der Waals surface area contributed by atoms with Crippen LogP contribution in [-0.2, 0) is 0 Å². The molecular weight excluding hydrogens is 267 g/mol. The minimum absolute atomic E-state index is 0.204. The number of carbonyl (C=O) groups excluding carboxylic acids is 1. The van der Waals surface area contributed by atoms with Gasteiger partial charge in [0, 0.05) is 11.3 Å². The molecule has 0 radical (unpaired) electrons. The van der Waals surface area contributed by atoms with Crippen LogP contribution < -0.4 is 11.1 Å². The zero-order valence-corrected chi connectivity index (χ0v) is 11.0. The molecule has 1 amide bonds. The molecule has 0 saturated carbocycles. The number of halogens is 2. The highest BCUT2D eigenvalue weighted by molar-refractivity contribution is 6.34. The number of nitrogens with two attached hydrogens (primary N) is 1. The molecule has 3 N–H and O–H groups in total. The topological polar surface area (TPSA) is 55.1 Å². The number of benzene rings is 2. The first-order chi connectivity index (χ1) is 9.00. The predicted molar refractivity (Wildman–Crippen MR) is 75.0 cm³/mol. The maximum absolute atomic E-state index is 13.4. The molecule has 98 valence electrons. The minimum atomic E-state index is -0.422.